The minimum absolute atomic E-state index is 0.785. The fraction of sp³-hybridized carbons (Fsp3) is 0.571. The van der Waals surface area contributed by atoms with E-state index < -0.39 is 0 Å². The highest BCUT2D eigenvalue weighted by Gasteiger charge is 2.00. The van der Waals surface area contributed by atoms with Gasteiger partial charge in [-0.1, -0.05) is 23.7 Å². The number of para-hydroxylation sites is 1. The monoisotopic (exact) mass is 269 g/mol. The summed E-state index contributed by atoms with van der Waals surface area (Å²) >= 11 is 6.08. The molecule has 0 atom stereocenters. The van der Waals surface area contributed by atoms with E-state index >= 15 is 0 Å². The van der Waals surface area contributed by atoms with Crippen LogP contribution in [0, 0.1) is 0 Å². The summed E-state index contributed by atoms with van der Waals surface area (Å²) < 4.78 is 0. The molecule has 0 saturated carbocycles. The van der Waals surface area contributed by atoms with E-state index in [0.29, 0.717) is 0 Å². The van der Waals surface area contributed by atoms with Crippen LogP contribution in [0.5, 0.6) is 0 Å². The molecule has 18 heavy (non-hydrogen) atoms. The second-order valence-electron chi connectivity index (χ2n) is 4.87. The second kappa shape index (κ2) is 8.35. The molecule has 0 aliphatic rings. The Balaban J connectivity index is 2.15. The molecule has 3 nitrogen and oxygen atoms in total. The van der Waals surface area contributed by atoms with Gasteiger partial charge in [0.1, 0.15) is 0 Å². The first-order valence-electron chi connectivity index (χ1n) is 6.41. The molecule has 0 aliphatic heterocycles. The average molecular weight is 270 g/mol. The summed E-state index contributed by atoms with van der Waals surface area (Å²) in [5.41, 5.74) is 1.01. The van der Waals surface area contributed by atoms with Crippen molar-refractivity contribution in [3.8, 4) is 0 Å². The predicted molar refractivity (Wildman–Crippen MR) is 80.6 cm³/mol. The van der Waals surface area contributed by atoms with E-state index in [9.17, 15) is 0 Å². The highest BCUT2D eigenvalue weighted by molar-refractivity contribution is 6.33. The summed E-state index contributed by atoms with van der Waals surface area (Å²) in [5, 5.41) is 4.14. The van der Waals surface area contributed by atoms with E-state index in [4.69, 9.17) is 11.6 Å². The van der Waals surface area contributed by atoms with Crippen molar-refractivity contribution in [2.24, 2.45) is 0 Å². The molecule has 102 valence electrons. The number of anilines is 1. The Bertz CT molecular complexity index is 342. The van der Waals surface area contributed by atoms with Crippen LogP contribution in [0.2, 0.25) is 5.02 Å². The lowest BCUT2D eigenvalue weighted by atomic mass is 10.3. The molecule has 0 unspecified atom stereocenters. The van der Waals surface area contributed by atoms with Gasteiger partial charge in [-0.05, 0) is 52.8 Å². The first-order valence-corrected chi connectivity index (χ1v) is 6.79. The largest absolute Gasteiger partial charge is 0.383 e. The maximum Gasteiger partial charge on any atom is 0.0637 e. The van der Waals surface area contributed by atoms with E-state index in [1.165, 1.54) is 6.42 Å². The van der Waals surface area contributed by atoms with E-state index in [2.05, 4.69) is 36.3 Å². The lowest BCUT2D eigenvalue weighted by Crippen LogP contribution is -2.28. The van der Waals surface area contributed by atoms with Crippen molar-refractivity contribution in [2.75, 3.05) is 52.6 Å². The molecule has 0 radical (unpaired) electrons. The first kappa shape index (κ1) is 15.3. The van der Waals surface area contributed by atoms with Crippen molar-refractivity contribution in [1.82, 2.24) is 9.80 Å². The molecule has 0 aliphatic carbocycles. The molecule has 0 saturated heterocycles. The number of nitrogens with zero attached hydrogens (tertiary/aromatic N) is 2. The van der Waals surface area contributed by atoms with Crippen LogP contribution in [-0.4, -0.2) is 57.1 Å². The molecule has 1 aromatic rings. The van der Waals surface area contributed by atoms with Crippen molar-refractivity contribution >= 4 is 17.3 Å². The van der Waals surface area contributed by atoms with Gasteiger partial charge < -0.3 is 15.1 Å². The minimum atomic E-state index is 0.785. The zero-order valence-corrected chi connectivity index (χ0v) is 12.4. The summed E-state index contributed by atoms with van der Waals surface area (Å²) in [7, 11) is 6.38. The summed E-state index contributed by atoms with van der Waals surface area (Å²) in [5.74, 6) is 0. The van der Waals surface area contributed by atoms with Crippen molar-refractivity contribution in [2.45, 2.75) is 6.42 Å². The van der Waals surface area contributed by atoms with Crippen LogP contribution in [0.4, 0.5) is 5.69 Å². The van der Waals surface area contributed by atoms with Crippen molar-refractivity contribution in [3.05, 3.63) is 29.3 Å². The number of rotatable bonds is 8. The molecule has 0 aromatic heterocycles. The Morgan fingerprint density at radius 1 is 1.06 bits per heavy atom. The van der Waals surface area contributed by atoms with Gasteiger partial charge in [-0.15, -0.1) is 0 Å². The summed E-state index contributed by atoms with van der Waals surface area (Å²) in [6, 6.07) is 7.86. The zero-order valence-electron chi connectivity index (χ0n) is 11.6. The Kier molecular flexibility index (Phi) is 7.09. The third-order valence-electron chi connectivity index (χ3n) is 2.83. The highest BCUT2D eigenvalue weighted by Crippen LogP contribution is 2.19. The summed E-state index contributed by atoms with van der Waals surface area (Å²) in [4.78, 5) is 4.56. The molecule has 1 aromatic carbocycles. The number of halogens is 1. The van der Waals surface area contributed by atoms with Crippen LogP contribution in [0.1, 0.15) is 6.42 Å². The molecular weight excluding hydrogens is 246 g/mol. The maximum atomic E-state index is 6.08. The standard InChI is InChI=1S/C14H24ClN3/c1-17(2)10-6-11-18(3)12-9-16-14-8-5-4-7-13(14)15/h4-5,7-8,16H,6,9-12H2,1-3H3. The molecule has 0 bridgehead atoms. The molecular formula is C14H24ClN3. The van der Waals surface area contributed by atoms with Gasteiger partial charge in [0, 0.05) is 13.1 Å². The zero-order chi connectivity index (χ0) is 13.4. The lowest BCUT2D eigenvalue weighted by molar-refractivity contribution is 0.308. The van der Waals surface area contributed by atoms with Gasteiger partial charge in [-0.25, -0.2) is 0 Å². The first-order chi connectivity index (χ1) is 8.59. The van der Waals surface area contributed by atoms with E-state index in [1.807, 2.05) is 24.3 Å². The van der Waals surface area contributed by atoms with Gasteiger partial charge in [-0.2, -0.15) is 0 Å². The van der Waals surface area contributed by atoms with Gasteiger partial charge in [0.2, 0.25) is 0 Å². The number of benzene rings is 1. The predicted octanol–water partition coefficient (Wildman–Crippen LogP) is 2.64. The lowest BCUT2D eigenvalue weighted by Gasteiger charge is -2.18. The van der Waals surface area contributed by atoms with Crippen LogP contribution < -0.4 is 5.32 Å². The second-order valence-corrected chi connectivity index (χ2v) is 5.27. The summed E-state index contributed by atoms with van der Waals surface area (Å²) in [6.45, 7) is 4.21. The molecule has 1 rings (SSSR count). The third kappa shape index (κ3) is 6.24. The normalized spacial score (nSPS) is 11.2. The number of likely N-dealkylation sites (N-methyl/N-ethyl adjacent to an activating group) is 1. The fourth-order valence-electron chi connectivity index (χ4n) is 1.75. The highest BCUT2D eigenvalue weighted by atomic mass is 35.5. The molecule has 0 heterocycles. The SMILES string of the molecule is CN(C)CCCN(C)CCNc1ccccc1Cl. The Morgan fingerprint density at radius 3 is 2.44 bits per heavy atom. The topological polar surface area (TPSA) is 18.5 Å². The van der Waals surface area contributed by atoms with Crippen molar-refractivity contribution < 1.29 is 0 Å². The van der Waals surface area contributed by atoms with E-state index in [-0.39, 0.29) is 0 Å². The minimum Gasteiger partial charge on any atom is -0.383 e. The molecule has 0 spiro atoms. The maximum absolute atomic E-state index is 6.08. The van der Waals surface area contributed by atoms with Crippen LogP contribution in [-0.2, 0) is 0 Å². The molecule has 0 amide bonds. The van der Waals surface area contributed by atoms with Gasteiger partial charge >= 0.3 is 0 Å². The third-order valence-corrected chi connectivity index (χ3v) is 3.16. The number of nitrogens with one attached hydrogen (secondary N) is 1. The molecule has 4 heteroatoms. The Hall–Kier alpha value is -0.770. The van der Waals surface area contributed by atoms with Crippen molar-refractivity contribution in [1.29, 1.82) is 0 Å². The Morgan fingerprint density at radius 2 is 1.78 bits per heavy atom. The Labute approximate surface area is 116 Å². The number of hydrogen-bond acceptors (Lipinski definition) is 3. The van der Waals surface area contributed by atoms with E-state index in [1.54, 1.807) is 0 Å². The number of hydrogen-bond donors (Lipinski definition) is 1. The smallest absolute Gasteiger partial charge is 0.0637 e. The molecule has 0 fully saturated rings. The van der Waals surface area contributed by atoms with Crippen LogP contribution in [0.3, 0.4) is 0 Å². The van der Waals surface area contributed by atoms with Crippen LogP contribution in [0.15, 0.2) is 24.3 Å². The molecule has 1 N–H and O–H groups in total. The summed E-state index contributed by atoms with van der Waals surface area (Å²) in [6.07, 6.45) is 1.20. The van der Waals surface area contributed by atoms with Gasteiger partial charge in [0.15, 0.2) is 0 Å². The quantitative estimate of drug-likeness (QED) is 0.783. The van der Waals surface area contributed by atoms with E-state index in [0.717, 1.165) is 36.9 Å². The van der Waals surface area contributed by atoms with Gasteiger partial charge in [0.25, 0.3) is 0 Å². The average Bonchev–Trinajstić information content (AvgIpc) is 2.31. The van der Waals surface area contributed by atoms with Gasteiger partial charge in [0.05, 0.1) is 10.7 Å². The van der Waals surface area contributed by atoms with Crippen molar-refractivity contribution in [3.63, 3.8) is 0 Å². The van der Waals surface area contributed by atoms with Gasteiger partial charge in [-0.3, -0.25) is 0 Å². The fourth-order valence-corrected chi connectivity index (χ4v) is 1.96. The van der Waals surface area contributed by atoms with Crippen LogP contribution in [0.25, 0.3) is 0 Å². The van der Waals surface area contributed by atoms with Crippen LogP contribution >= 0.6 is 11.6 Å².